The fourth-order valence-corrected chi connectivity index (χ4v) is 10.7. The first-order valence-electron chi connectivity index (χ1n) is 16.8. The van der Waals surface area contributed by atoms with Gasteiger partial charge in [-0.1, -0.05) is 171 Å². The maximum Gasteiger partial charge on any atom is 0.164 e. The van der Waals surface area contributed by atoms with Crippen LogP contribution in [0.25, 0.3) is 78.3 Å². The Morgan fingerprint density at radius 2 is 0.776 bits per heavy atom. The molecule has 0 bridgehead atoms. The quantitative estimate of drug-likeness (QED) is 0.175. The Morgan fingerprint density at radius 3 is 1.47 bits per heavy atom. The summed E-state index contributed by atoms with van der Waals surface area (Å²) in [7, 11) is -1.90. The number of hydrogen-bond acceptors (Lipinski definition) is 3. The third-order valence-corrected chi connectivity index (χ3v) is 13.5. The molecule has 0 spiro atoms. The summed E-state index contributed by atoms with van der Waals surface area (Å²) in [5.74, 6) is 2.02. The van der Waals surface area contributed by atoms with Crippen LogP contribution in [0.4, 0.5) is 0 Å². The molecular formula is C45H33N3Si. The highest BCUT2D eigenvalue weighted by Crippen LogP contribution is 2.39. The van der Waals surface area contributed by atoms with Crippen LogP contribution in [0, 0.1) is 0 Å². The molecule has 9 rings (SSSR count). The van der Waals surface area contributed by atoms with E-state index in [1.54, 1.807) is 0 Å². The van der Waals surface area contributed by atoms with E-state index < -0.39 is 8.07 Å². The lowest BCUT2D eigenvalue weighted by molar-refractivity contribution is 1.08. The molecule has 2 heterocycles. The van der Waals surface area contributed by atoms with Crippen LogP contribution in [0.2, 0.25) is 13.1 Å². The molecule has 0 fully saturated rings. The van der Waals surface area contributed by atoms with E-state index in [-0.39, 0.29) is 0 Å². The molecule has 0 N–H and O–H groups in total. The first kappa shape index (κ1) is 29.2. The molecule has 1 aromatic heterocycles. The number of aromatic nitrogens is 3. The number of benzene rings is 7. The molecule has 0 unspecified atom stereocenters. The van der Waals surface area contributed by atoms with E-state index in [2.05, 4.69) is 171 Å². The molecule has 0 saturated heterocycles. The monoisotopic (exact) mass is 643 g/mol. The van der Waals surface area contributed by atoms with Gasteiger partial charge in [0.05, 0.1) is 0 Å². The topological polar surface area (TPSA) is 38.7 Å². The van der Waals surface area contributed by atoms with E-state index in [9.17, 15) is 0 Å². The van der Waals surface area contributed by atoms with Crippen LogP contribution in [0.15, 0.2) is 164 Å². The lowest BCUT2D eigenvalue weighted by Gasteiger charge is -2.19. The Bertz CT molecular complexity index is 2520. The molecule has 8 aromatic rings. The van der Waals surface area contributed by atoms with Crippen LogP contribution in [0.3, 0.4) is 0 Å². The molecule has 0 amide bonds. The van der Waals surface area contributed by atoms with Gasteiger partial charge >= 0.3 is 0 Å². The van der Waals surface area contributed by atoms with Crippen molar-refractivity contribution in [2.75, 3.05) is 0 Å². The maximum absolute atomic E-state index is 5.35. The summed E-state index contributed by atoms with van der Waals surface area (Å²) in [4.78, 5) is 16.0. The van der Waals surface area contributed by atoms with Crippen molar-refractivity contribution in [2.45, 2.75) is 13.1 Å². The Hall–Kier alpha value is -5.97. The fraction of sp³-hybridized carbons (Fsp3) is 0.0444. The molecule has 1 aliphatic heterocycles. The number of nitrogens with zero attached hydrogens (tertiary/aromatic N) is 3. The third-order valence-electron chi connectivity index (χ3n) is 9.99. The molecular weight excluding hydrogens is 611 g/mol. The van der Waals surface area contributed by atoms with Crippen LogP contribution in [-0.4, -0.2) is 23.0 Å². The van der Waals surface area contributed by atoms with Crippen molar-refractivity contribution in [3.63, 3.8) is 0 Å². The molecule has 4 heteroatoms. The van der Waals surface area contributed by atoms with E-state index in [0.717, 1.165) is 33.2 Å². The minimum absolute atomic E-state index is 0.663. The van der Waals surface area contributed by atoms with Gasteiger partial charge in [-0.25, -0.2) is 15.0 Å². The normalized spacial score (nSPS) is 12.9. The molecule has 1 aliphatic rings. The van der Waals surface area contributed by atoms with Crippen molar-refractivity contribution in [1.29, 1.82) is 0 Å². The zero-order valence-corrected chi connectivity index (χ0v) is 28.4. The van der Waals surface area contributed by atoms with Gasteiger partial charge in [-0.15, -0.1) is 0 Å². The van der Waals surface area contributed by atoms with Crippen LogP contribution in [0.1, 0.15) is 0 Å². The predicted octanol–water partition coefficient (Wildman–Crippen LogP) is 10.2. The Kier molecular flexibility index (Phi) is 6.92. The molecule has 232 valence electrons. The molecule has 0 radical (unpaired) electrons. The van der Waals surface area contributed by atoms with Crippen molar-refractivity contribution in [3.8, 4) is 67.5 Å². The van der Waals surface area contributed by atoms with Gasteiger partial charge in [-0.3, -0.25) is 0 Å². The predicted molar refractivity (Wildman–Crippen MR) is 207 cm³/mol. The standard InChI is InChI=1S/C45H33N3Si/c1-49(2)40-26-14-13-24-38(40)42-39(25-15-27-41(42)49)45-47-43(36-23-12-9-20-32(36)30-16-5-3-6-17-30)46-44(48-45)37-29-28-33(31-18-7-4-8-19-31)34-21-10-11-22-35(34)37/h3-29H,1-2H3. The minimum atomic E-state index is -1.90. The van der Waals surface area contributed by atoms with E-state index in [0.29, 0.717) is 17.5 Å². The lowest BCUT2D eigenvalue weighted by atomic mass is 9.94. The molecule has 0 atom stereocenters. The van der Waals surface area contributed by atoms with Crippen LogP contribution in [0.5, 0.6) is 0 Å². The molecule has 3 nitrogen and oxygen atoms in total. The number of rotatable bonds is 5. The van der Waals surface area contributed by atoms with Crippen LogP contribution in [-0.2, 0) is 0 Å². The van der Waals surface area contributed by atoms with Crippen molar-refractivity contribution in [2.24, 2.45) is 0 Å². The highest BCUT2D eigenvalue weighted by molar-refractivity contribution is 7.04. The second-order valence-corrected chi connectivity index (χ2v) is 17.5. The van der Waals surface area contributed by atoms with Crippen molar-refractivity contribution in [1.82, 2.24) is 15.0 Å². The zero-order chi connectivity index (χ0) is 33.0. The number of hydrogen-bond donors (Lipinski definition) is 0. The molecule has 7 aromatic carbocycles. The van der Waals surface area contributed by atoms with Crippen molar-refractivity contribution >= 4 is 29.2 Å². The van der Waals surface area contributed by atoms with Crippen molar-refractivity contribution in [3.05, 3.63) is 164 Å². The molecule has 0 saturated carbocycles. The SMILES string of the molecule is C[Si]1(C)c2ccccc2-c2c(-c3nc(-c4ccccc4-c4ccccc4)nc(-c4ccc(-c5ccccc5)c5ccccc45)n3)cccc21. The van der Waals surface area contributed by atoms with Crippen LogP contribution < -0.4 is 10.4 Å². The largest absolute Gasteiger partial charge is 0.208 e. The van der Waals surface area contributed by atoms with Gasteiger partial charge in [-0.2, -0.15) is 0 Å². The minimum Gasteiger partial charge on any atom is -0.208 e. The fourth-order valence-electron chi connectivity index (χ4n) is 7.59. The Morgan fingerprint density at radius 1 is 0.327 bits per heavy atom. The smallest absolute Gasteiger partial charge is 0.164 e. The summed E-state index contributed by atoms with van der Waals surface area (Å²) in [6.45, 7) is 4.89. The summed E-state index contributed by atoms with van der Waals surface area (Å²) in [5, 5.41) is 5.17. The van der Waals surface area contributed by atoms with Gasteiger partial charge in [0, 0.05) is 16.7 Å². The van der Waals surface area contributed by atoms with Crippen LogP contribution >= 0.6 is 0 Å². The summed E-state index contributed by atoms with van der Waals surface area (Å²) < 4.78 is 0. The van der Waals surface area contributed by atoms with Gasteiger partial charge in [-0.05, 0) is 60.6 Å². The highest BCUT2D eigenvalue weighted by atomic mass is 28.3. The average Bonchev–Trinajstić information content (AvgIpc) is 3.41. The third kappa shape index (κ3) is 4.83. The van der Waals surface area contributed by atoms with Gasteiger partial charge in [0.1, 0.15) is 8.07 Å². The average molecular weight is 644 g/mol. The van der Waals surface area contributed by atoms with E-state index in [1.165, 1.54) is 38.0 Å². The van der Waals surface area contributed by atoms with E-state index in [1.807, 2.05) is 6.07 Å². The summed E-state index contributed by atoms with van der Waals surface area (Å²) in [6.07, 6.45) is 0. The summed E-state index contributed by atoms with van der Waals surface area (Å²) >= 11 is 0. The second-order valence-electron chi connectivity index (χ2n) is 13.2. The van der Waals surface area contributed by atoms with Gasteiger partial charge in [0.2, 0.25) is 0 Å². The highest BCUT2D eigenvalue weighted by Gasteiger charge is 2.38. The first-order chi connectivity index (χ1) is 24.1. The van der Waals surface area contributed by atoms with Crippen molar-refractivity contribution < 1.29 is 0 Å². The Balaban J connectivity index is 1.33. The van der Waals surface area contributed by atoms with E-state index in [4.69, 9.17) is 15.0 Å². The van der Waals surface area contributed by atoms with Gasteiger partial charge in [0.15, 0.2) is 17.5 Å². The lowest BCUT2D eigenvalue weighted by Crippen LogP contribution is -2.49. The first-order valence-corrected chi connectivity index (χ1v) is 19.8. The zero-order valence-electron chi connectivity index (χ0n) is 27.4. The molecule has 0 aliphatic carbocycles. The maximum atomic E-state index is 5.35. The summed E-state index contributed by atoms with van der Waals surface area (Å²) in [5.41, 5.74) is 10.2. The summed E-state index contributed by atoms with van der Waals surface area (Å²) in [6, 6.07) is 58.0. The molecule has 49 heavy (non-hydrogen) atoms. The van der Waals surface area contributed by atoms with E-state index >= 15 is 0 Å². The Labute approximate surface area is 287 Å². The van der Waals surface area contributed by atoms with Gasteiger partial charge < -0.3 is 0 Å². The second kappa shape index (κ2) is 11.6. The number of fused-ring (bicyclic) bond motifs is 4. The van der Waals surface area contributed by atoms with Gasteiger partial charge in [0.25, 0.3) is 0 Å².